The smallest absolute Gasteiger partial charge is 0.220 e. The number of nitrogens with one attached hydrogen (secondary N) is 2. The molecule has 0 unspecified atom stereocenters. The second-order valence-corrected chi connectivity index (χ2v) is 7.44. The number of halogens is 1. The SMILES string of the molecule is CCN(CC)Cc1ccccc1CNC(=NC)N1CCC(CC(=O)NC)CC1.I. The number of likely N-dealkylation sites (tertiary alicyclic amines) is 1. The van der Waals surface area contributed by atoms with Crippen molar-refractivity contribution in [2.75, 3.05) is 40.3 Å². The summed E-state index contributed by atoms with van der Waals surface area (Å²) in [6.45, 7) is 10.2. The van der Waals surface area contributed by atoms with Crippen LogP contribution < -0.4 is 10.6 Å². The molecule has 0 aliphatic carbocycles. The zero-order valence-corrected chi connectivity index (χ0v) is 20.7. The van der Waals surface area contributed by atoms with Crippen LogP contribution in [0.4, 0.5) is 0 Å². The van der Waals surface area contributed by atoms with Gasteiger partial charge in [0.05, 0.1) is 0 Å². The Bertz CT molecular complexity index is 640. The fourth-order valence-electron chi connectivity index (χ4n) is 3.79. The minimum atomic E-state index is 0. The van der Waals surface area contributed by atoms with Gasteiger partial charge in [0.25, 0.3) is 0 Å². The summed E-state index contributed by atoms with van der Waals surface area (Å²) in [4.78, 5) is 20.8. The molecular weight excluding hydrogens is 477 g/mol. The van der Waals surface area contributed by atoms with Gasteiger partial charge in [-0.3, -0.25) is 14.7 Å². The Balaban J connectivity index is 0.00000420. The van der Waals surface area contributed by atoms with E-state index in [1.165, 1.54) is 11.1 Å². The molecule has 29 heavy (non-hydrogen) atoms. The molecule has 1 aliphatic rings. The van der Waals surface area contributed by atoms with Gasteiger partial charge in [0.1, 0.15) is 0 Å². The van der Waals surface area contributed by atoms with Crippen LogP contribution in [0.5, 0.6) is 0 Å². The van der Waals surface area contributed by atoms with Gasteiger partial charge in [0, 0.05) is 46.7 Å². The van der Waals surface area contributed by atoms with Gasteiger partial charge in [-0.05, 0) is 43.0 Å². The van der Waals surface area contributed by atoms with Crippen molar-refractivity contribution in [2.45, 2.75) is 46.2 Å². The van der Waals surface area contributed by atoms with Crippen LogP contribution in [-0.4, -0.2) is 61.9 Å². The fourth-order valence-corrected chi connectivity index (χ4v) is 3.79. The van der Waals surface area contributed by atoms with Crippen LogP contribution in [-0.2, 0) is 17.9 Å². The summed E-state index contributed by atoms with van der Waals surface area (Å²) in [5.41, 5.74) is 2.70. The number of rotatable bonds is 8. The number of piperidine rings is 1. The van der Waals surface area contributed by atoms with Crippen molar-refractivity contribution in [2.24, 2.45) is 10.9 Å². The Hall–Kier alpha value is -1.35. The van der Waals surface area contributed by atoms with Gasteiger partial charge < -0.3 is 15.5 Å². The molecule has 2 N–H and O–H groups in total. The first kappa shape index (κ1) is 25.7. The number of amides is 1. The highest BCUT2D eigenvalue weighted by molar-refractivity contribution is 14.0. The molecule has 0 aromatic heterocycles. The van der Waals surface area contributed by atoms with Crippen LogP contribution in [0.25, 0.3) is 0 Å². The summed E-state index contributed by atoms with van der Waals surface area (Å²) in [5, 5.41) is 6.28. The molecule has 0 bridgehead atoms. The third kappa shape index (κ3) is 8.12. The zero-order chi connectivity index (χ0) is 20.4. The monoisotopic (exact) mass is 515 g/mol. The Labute approximate surface area is 193 Å². The first-order chi connectivity index (χ1) is 13.6. The number of nitrogens with zero attached hydrogens (tertiary/aromatic N) is 3. The zero-order valence-electron chi connectivity index (χ0n) is 18.4. The Morgan fingerprint density at radius 2 is 1.79 bits per heavy atom. The quantitative estimate of drug-likeness (QED) is 0.318. The van der Waals surface area contributed by atoms with Crippen LogP contribution in [0.3, 0.4) is 0 Å². The topological polar surface area (TPSA) is 60.0 Å². The van der Waals surface area contributed by atoms with Crippen LogP contribution in [0.15, 0.2) is 29.3 Å². The van der Waals surface area contributed by atoms with Crippen LogP contribution in [0.1, 0.15) is 44.2 Å². The number of benzene rings is 1. The van der Waals surface area contributed by atoms with Gasteiger partial charge in [0.2, 0.25) is 5.91 Å². The molecule has 1 heterocycles. The van der Waals surface area contributed by atoms with Gasteiger partial charge >= 0.3 is 0 Å². The fraction of sp³-hybridized carbons (Fsp3) is 0.636. The lowest BCUT2D eigenvalue weighted by atomic mass is 9.93. The van der Waals surface area contributed by atoms with Crippen molar-refractivity contribution in [3.63, 3.8) is 0 Å². The molecule has 7 heteroatoms. The van der Waals surface area contributed by atoms with E-state index >= 15 is 0 Å². The van der Waals surface area contributed by atoms with Gasteiger partial charge in [-0.25, -0.2) is 0 Å². The Kier molecular flexibility index (Phi) is 12.2. The molecule has 6 nitrogen and oxygen atoms in total. The summed E-state index contributed by atoms with van der Waals surface area (Å²) < 4.78 is 0. The maximum atomic E-state index is 11.6. The first-order valence-corrected chi connectivity index (χ1v) is 10.6. The molecule has 1 aromatic carbocycles. The highest BCUT2D eigenvalue weighted by Gasteiger charge is 2.23. The molecule has 0 saturated carbocycles. The van der Waals surface area contributed by atoms with E-state index in [9.17, 15) is 4.79 Å². The normalized spacial score (nSPS) is 15.2. The average molecular weight is 515 g/mol. The van der Waals surface area contributed by atoms with Gasteiger partial charge in [-0.1, -0.05) is 38.1 Å². The molecule has 1 saturated heterocycles. The highest BCUT2D eigenvalue weighted by atomic mass is 127. The second-order valence-electron chi connectivity index (χ2n) is 7.44. The first-order valence-electron chi connectivity index (χ1n) is 10.6. The maximum absolute atomic E-state index is 11.6. The minimum absolute atomic E-state index is 0. The largest absolute Gasteiger partial charge is 0.359 e. The molecule has 164 valence electrons. The number of hydrogen-bond acceptors (Lipinski definition) is 3. The van der Waals surface area contributed by atoms with Crippen LogP contribution >= 0.6 is 24.0 Å². The van der Waals surface area contributed by atoms with Crippen molar-refractivity contribution >= 4 is 35.8 Å². The van der Waals surface area contributed by atoms with Crippen molar-refractivity contribution in [1.29, 1.82) is 0 Å². The molecule has 0 spiro atoms. The highest BCUT2D eigenvalue weighted by Crippen LogP contribution is 2.20. The van der Waals surface area contributed by atoms with E-state index in [0.29, 0.717) is 12.3 Å². The summed E-state index contributed by atoms with van der Waals surface area (Å²) in [6, 6.07) is 8.65. The number of carbonyl (C=O) groups is 1. The number of hydrogen-bond donors (Lipinski definition) is 2. The minimum Gasteiger partial charge on any atom is -0.359 e. The van der Waals surface area contributed by atoms with Crippen LogP contribution in [0, 0.1) is 5.92 Å². The maximum Gasteiger partial charge on any atom is 0.220 e. The molecule has 1 fully saturated rings. The summed E-state index contributed by atoms with van der Waals surface area (Å²) in [6.07, 6.45) is 2.70. The molecule has 1 aromatic rings. The average Bonchev–Trinajstić information content (AvgIpc) is 2.74. The molecule has 2 rings (SSSR count). The van der Waals surface area contributed by atoms with Crippen LogP contribution in [0.2, 0.25) is 0 Å². The summed E-state index contributed by atoms with van der Waals surface area (Å²) >= 11 is 0. The molecule has 0 atom stereocenters. The molecule has 1 amide bonds. The Morgan fingerprint density at radius 3 is 2.34 bits per heavy atom. The predicted octanol–water partition coefficient (Wildman–Crippen LogP) is 3.07. The van der Waals surface area contributed by atoms with Crippen molar-refractivity contribution in [3.05, 3.63) is 35.4 Å². The van der Waals surface area contributed by atoms with Gasteiger partial charge in [0.15, 0.2) is 5.96 Å². The van der Waals surface area contributed by atoms with Gasteiger partial charge in [-0.2, -0.15) is 0 Å². The van der Waals surface area contributed by atoms with E-state index in [4.69, 9.17) is 0 Å². The van der Waals surface area contributed by atoms with Crippen molar-refractivity contribution in [1.82, 2.24) is 20.4 Å². The van der Waals surface area contributed by atoms with E-state index in [2.05, 4.69) is 63.5 Å². The molecule has 1 aliphatic heterocycles. The lowest BCUT2D eigenvalue weighted by Crippen LogP contribution is -2.45. The van der Waals surface area contributed by atoms with E-state index in [-0.39, 0.29) is 29.9 Å². The lowest BCUT2D eigenvalue weighted by molar-refractivity contribution is -0.121. The lowest BCUT2D eigenvalue weighted by Gasteiger charge is -2.34. The second kappa shape index (κ2) is 13.8. The van der Waals surface area contributed by atoms with Crippen molar-refractivity contribution < 1.29 is 4.79 Å². The molecular formula is C22H38IN5O. The van der Waals surface area contributed by atoms with E-state index in [1.54, 1.807) is 7.05 Å². The third-order valence-corrected chi connectivity index (χ3v) is 5.72. The van der Waals surface area contributed by atoms with Crippen molar-refractivity contribution in [3.8, 4) is 0 Å². The number of guanidine groups is 1. The summed E-state index contributed by atoms with van der Waals surface area (Å²) in [7, 11) is 3.56. The Morgan fingerprint density at radius 1 is 1.17 bits per heavy atom. The number of carbonyl (C=O) groups excluding carboxylic acids is 1. The molecule has 0 radical (unpaired) electrons. The van der Waals surface area contributed by atoms with E-state index in [1.807, 2.05) is 7.05 Å². The van der Waals surface area contributed by atoms with Gasteiger partial charge in [-0.15, -0.1) is 24.0 Å². The third-order valence-electron chi connectivity index (χ3n) is 5.72. The summed E-state index contributed by atoms with van der Waals surface area (Å²) in [5.74, 6) is 1.57. The van der Waals surface area contributed by atoms with E-state index < -0.39 is 0 Å². The number of aliphatic imine (C=N–C) groups is 1. The standard InChI is InChI=1S/C22H37N5O.HI/c1-5-26(6-2)17-20-10-8-7-9-19(20)16-25-22(24-4)27-13-11-18(12-14-27)15-21(28)23-3;/h7-10,18H,5-6,11-17H2,1-4H3,(H,23,28)(H,24,25);1H. The van der Waals surface area contributed by atoms with E-state index in [0.717, 1.165) is 58.1 Å². The predicted molar refractivity (Wildman–Crippen MR) is 132 cm³/mol.